The van der Waals surface area contributed by atoms with Crippen LogP contribution in [-0.4, -0.2) is 153 Å². The zero-order valence-corrected chi connectivity index (χ0v) is 41.6. The van der Waals surface area contributed by atoms with Crippen LogP contribution in [-0.2, 0) is 40.1 Å². The second-order valence-corrected chi connectivity index (χ2v) is 17.9. The highest BCUT2D eigenvalue weighted by Crippen LogP contribution is 2.29. The minimum absolute atomic E-state index is 0.0468. The predicted molar refractivity (Wildman–Crippen MR) is 267 cm³/mol. The van der Waals surface area contributed by atoms with E-state index in [0.717, 1.165) is 51.4 Å². The molecule has 2 heterocycles. The molecule has 7 amide bonds. The number of rotatable bonds is 26. The first-order valence-corrected chi connectivity index (χ1v) is 24.8. The van der Waals surface area contributed by atoms with Crippen molar-refractivity contribution in [1.29, 1.82) is 0 Å². The average molecular weight is 1040 g/mol. The van der Waals surface area contributed by atoms with E-state index in [1.807, 2.05) is 0 Å². The van der Waals surface area contributed by atoms with Crippen LogP contribution in [0, 0.1) is 0 Å². The van der Waals surface area contributed by atoms with Gasteiger partial charge in [-0.3, -0.25) is 34.3 Å². The van der Waals surface area contributed by atoms with Crippen molar-refractivity contribution in [3.8, 4) is 5.75 Å². The number of carboxylic acids is 1. The SMILES string of the molecule is CC[C@H](N)C(=O)NCCC(=O)Nc1cc(O[C@@H]2O[C@H](C(=O)O)[C@@H](O)[C@H](O)[C@H]2O)ccc1COC(=O)Nc1cccc(C(=O)N(C)CCON(C(=O)CCCCCCNC(=O)Nc2ccncc2)C2CCCCC2)c1. The van der Waals surface area contributed by atoms with Gasteiger partial charge < -0.3 is 66.5 Å². The fourth-order valence-corrected chi connectivity index (χ4v) is 7.98. The summed E-state index contributed by atoms with van der Waals surface area (Å²) in [6, 6.07) is 12.5. The fraction of sp³-hybridized carbons (Fsp3) is 0.520. The van der Waals surface area contributed by atoms with E-state index in [1.54, 1.807) is 56.7 Å². The minimum Gasteiger partial charge on any atom is -0.479 e. The number of pyridine rings is 1. The van der Waals surface area contributed by atoms with Crippen LogP contribution in [0.4, 0.5) is 26.7 Å². The summed E-state index contributed by atoms with van der Waals surface area (Å²) in [4.78, 5) is 101. The molecule has 11 N–H and O–H groups in total. The Morgan fingerprint density at radius 2 is 1.57 bits per heavy atom. The van der Waals surface area contributed by atoms with Gasteiger partial charge in [0.2, 0.25) is 24.0 Å². The van der Waals surface area contributed by atoms with Gasteiger partial charge in [-0.2, -0.15) is 0 Å². The molecule has 2 aromatic carbocycles. The number of anilines is 3. The largest absolute Gasteiger partial charge is 0.479 e. The van der Waals surface area contributed by atoms with Crippen LogP contribution in [0.3, 0.4) is 0 Å². The number of benzene rings is 2. The highest BCUT2D eigenvalue weighted by molar-refractivity contribution is 5.96. The van der Waals surface area contributed by atoms with E-state index < -0.39 is 67.2 Å². The number of aliphatic hydroxyl groups is 3. The van der Waals surface area contributed by atoms with Crippen molar-refractivity contribution >= 4 is 58.8 Å². The highest BCUT2D eigenvalue weighted by Gasteiger charge is 2.48. The molecule has 2 aliphatic rings. The van der Waals surface area contributed by atoms with E-state index >= 15 is 0 Å². The van der Waals surface area contributed by atoms with Crippen molar-refractivity contribution in [3.63, 3.8) is 0 Å². The van der Waals surface area contributed by atoms with Gasteiger partial charge in [0.1, 0.15) is 30.7 Å². The third kappa shape index (κ3) is 18.2. The number of hydroxylamine groups is 2. The normalized spacial score (nSPS) is 19.0. The molecule has 1 aromatic heterocycles. The summed E-state index contributed by atoms with van der Waals surface area (Å²) in [5, 5.41) is 55.1. The first-order chi connectivity index (χ1) is 35.5. The third-order valence-electron chi connectivity index (χ3n) is 12.3. The van der Waals surface area contributed by atoms with Crippen molar-refractivity contribution in [1.82, 2.24) is 25.6 Å². The number of hydrogen-bond acceptors (Lipinski definition) is 16. The molecule has 24 nitrogen and oxygen atoms in total. The van der Waals surface area contributed by atoms with E-state index in [9.17, 15) is 54.0 Å². The number of aliphatic hydroxyl groups excluding tert-OH is 3. The quantitative estimate of drug-likeness (QED) is 0.0408. The lowest BCUT2D eigenvalue weighted by Gasteiger charge is -2.38. The molecule has 3 aromatic rings. The number of carbonyl (C=O) groups excluding carboxylic acids is 6. The summed E-state index contributed by atoms with van der Waals surface area (Å²) in [6.45, 7) is 1.97. The molecule has 404 valence electrons. The average Bonchev–Trinajstić information content (AvgIpc) is 3.39. The standard InChI is InChI=1S/C50H69N9O15/c1-3-37(51)45(65)53-25-21-39(60)57-38-29-36(73-48-43(64)41(62)42(63)44(74-48)47(67)68)18-17-32(38)30-71-50(70)56-34-13-11-12-31(28-34)46(66)58(2)26-27-72-59(35-14-7-6-8-15-35)40(61)16-9-4-5-10-22-54-49(69)55-33-19-23-52-24-20-33/h11-13,17-20,23-24,28-29,35,37,41-44,48,62-64H,3-10,14-16,21-22,25-27,30,51H2,1-2H3,(H,53,65)(H,56,70)(H,57,60)(H,67,68)(H2,52,54,55,69)/t37-,41-,42-,43+,44-,48+/m0/s1. The minimum atomic E-state index is -1.96. The second-order valence-electron chi connectivity index (χ2n) is 17.9. The first kappa shape index (κ1) is 57.9. The third-order valence-corrected chi connectivity index (χ3v) is 12.3. The van der Waals surface area contributed by atoms with Gasteiger partial charge in [-0.25, -0.2) is 19.4 Å². The Morgan fingerprint density at radius 1 is 0.824 bits per heavy atom. The summed E-state index contributed by atoms with van der Waals surface area (Å²) in [5.41, 5.74) is 7.15. The lowest BCUT2D eigenvalue weighted by atomic mass is 9.95. The first-order valence-electron chi connectivity index (χ1n) is 24.8. The summed E-state index contributed by atoms with van der Waals surface area (Å²) >= 11 is 0. The van der Waals surface area contributed by atoms with E-state index in [1.165, 1.54) is 34.2 Å². The maximum Gasteiger partial charge on any atom is 0.411 e. The lowest BCUT2D eigenvalue weighted by molar-refractivity contribution is -0.271. The summed E-state index contributed by atoms with van der Waals surface area (Å²) in [7, 11) is 1.60. The van der Waals surface area contributed by atoms with Gasteiger partial charge in [-0.15, -0.1) is 0 Å². The number of nitrogens with two attached hydrogens (primary N) is 1. The molecule has 74 heavy (non-hydrogen) atoms. The predicted octanol–water partition coefficient (Wildman–Crippen LogP) is 3.22. The molecule has 6 atom stereocenters. The number of urea groups is 1. The van der Waals surface area contributed by atoms with E-state index in [-0.39, 0.29) is 78.3 Å². The summed E-state index contributed by atoms with van der Waals surface area (Å²) in [6.07, 6.45) is 1.05. The van der Waals surface area contributed by atoms with Crippen molar-refractivity contribution in [2.45, 2.75) is 133 Å². The topological polar surface area (TPSA) is 343 Å². The Kier molecular flexibility index (Phi) is 23.2. The van der Waals surface area contributed by atoms with Gasteiger partial charge >= 0.3 is 18.1 Å². The zero-order chi connectivity index (χ0) is 53.6. The smallest absolute Gasteiger partial charge is 0.411 e. The van der Waals surface area contributed by atoms with Crippen molar-refractivity contribution in [2.75, 3.05) is 49.2 Å². The molecule has 24 heteroatoms. The lowest BCUT2D eigenvalue weighted by Crippen LogP contribution is -2.61. The van der Waals surface area contributed by atoms with Crippen LogP contribution in [0.2, 0.25) is 0 Å². The summed E-state index contributed by atoms with van der Waals surface area (Å²) in [5.74, 6) is -3.22. The Bertz CT molecular complexity index is 2340. The Labute approximate surface area is 428 Å². The van der Waals surface area contributed by atoms with Gasteiger partial charge in [-0.1, -0.05) is 45.1 Å². The number of nitrogens with one attached hydrogen (secondary N) is 5. The maximum atomic E-state index is 13.6. The number of aliphatic carboxylic acids is 1. The molecule has 0 spiro atoms. The van der Waals surface area contributed by atoms with Gasteiger partial charge in [0.15, 0.2) is 6.10 Å². The number of amides is 7. The fourth-order valence-electron chi connectivity index (χ4n) is 7.98. The molecule has 0 bridgehead atoms. The second kappa shape index (κ2) is 29.7. The zero-order valence-electron chi connectivity index (χ0n) is 41.6. The highest BCUT2D eigenvalue weighted by atomic mass is 16.7. The number of carbonyl (C=O) groups is 7. The maximum absolute atomic E-state index is 13.6. The molecule has 2 fully saturated rings. The molecule has 1 aliphatic carbocycles. The van der Waals surface area contributed by atoms with Gasteiger partial charge in [0.25, 0.3) is 5.91 Å². The summed E-state index contributed by atoms with van der Waals surface area (Å²) < 4.78 is 16.3. The van der Waals surface area contributed by atoms with Crippen LogP contribution in [0.1, 0.15) is 99.9 Å². The number of aromatic nitrogens is 1. The van der Waals surface area contributed by atoms with Crippen LogP contribution in [0.15, 0.2) is 67.0 Å². The molecule has 1 saturated carbocycles. The number of unbranched alkanes of at least 4 members (excludes halogenated alkanes) is 3. The number of carboxylic acid groups (broad SMARTS) is 1. The van der Waals surface area contributed by atoms with Crippen molar-refractivity contribution < 1.29 is 73.0 Å². The number of ether oxygens (including phenoxy) is 3. The monoisotopic (exact) mass is 1040 g/mol. The molecule has 1 aliphatic heterocycles. The van der Waals surface area contributed by atoms with Crippen LogP contribution in [0.25, 0.3) is 0 Å². The molecule has 0 unspecified atom stereocenters. The van der Waals surface area contributed by atoms with Crippen LogP contribution < -0.4 is 37.1 Å². The van der Waals surface area contributed by atoms with Crippen LogP contribution in [0.5, 0.6) is 5.75 Å². The number of nitrogens with zero attached hydrogens (tertiary/aromatic N) is 3. The molecular formula is C50H69N9O15. The van der Waals surface area contributed by atoms with Crippen molar-refractivity contribution in [3.05, 3.63) is 78.1 Å². The van der Waals surface area contributed by atoms with E-state index in [4.69, 9.17) is 24.8 Å². The molecule has 0 radical (unpaired) electrons. The van der Waals surface area contributed by atoms with Crippen molar-refractivity contribution in [2.24, 2.45) is 5.73 Å². The van der Waals surface area contributed by atoms with E-state index in [2.05, 4.69) is 31.6 Å². The Hall–Kier alpha value is -6.96. The number of hydrogen-bond donors (Lipinski definition) is 10. The van der Waals surface area contributed by atoms with Gasteiger partial charge in [0, 0.05) is 80.5 Å². The Morgan fingerprint density at radius 3 is 2.30 bits per heavy atom. The molecule has 1 saturated heterocycles. The van der Waals surface area contributed by atoms with E-state index in [0.29, 0.717) is 31.5 Å². The molecule has 5 rings (SSSR count). The molecular weight excluding hydrogens is 967 g/mol. The van der Waals surface area contributed by atoms with Crippen LogP contribution >= 0.6 is 0 Å². The van der Waals surface area contributed by atoms with Gasteiger partial charge in [-0.05, 0) is 74.6 Å². The number of likely N-dealkylation sites (N-methyl/N-ethyl adjacent to an activating group) is 1. The van der Waals surface area contributed by atoms with Gasteiger partial charge in [0.05, 0.1) is 24.4 Å². The Balaban J connectivity index is 1.12.